The van der Waals surface area contributed by atoms with E-state index < -0.39 is 0 Å². The van der Waals surface area contributed by atoms with E-state index in [4.69, 9.17) is 0 Å². The van der Waals surface area contributed by atoms with Crippen LogP contribution in [0.4, 0.5) is 10.8 Å². The Morgan fingerprint density at radius 2 is 1.38 bits per heavy atom. The molecule has 5 nitrogen and oxygen atoms in total. The molecule has 0 fully saturated rings. The topological polar surface area (TPSA) is 71.1 Å². The van der Waals surface area contributed by atoms with E-state index in [1.165, 1.54) is 11.3 Å². The van der Waals surface area contributed by atoms with E-state index in [0.29, 0.717) is 21.9 Å². The predicted molar refractivity (Wildman–Crippen MR) is 134 cm³/mol. The summed E-state index contributed by atoms with van der Waals surface area (Å²) in [6.07, 6.45) is 0. The summed E-state index contributed by atoms with van der Waals surface area (Å²) in [5, 5.41) is 6.30. The van der Waals surface area contributed by atoms with Gasteiger partial charge in [0, 0.05) is 12.8 Å². The number of fused-ring (bicyclic) bond motifs is 1. The van der Waals surface area contributed by atoms with Crippen molar-refractivity contribution in [1.29, 1.82) is 0 Å². The summed E-state index contributed by atoms with van der Waals surface area (Å²) < 4.78 is 2.65. The summed E-state index contributed by atoms with van der Waals surface area (Å²) in [6, 6.07) is 20.3. The molecule has 0 saturated heterocycles. The molecule has 4 aromatic rings. The highest BCUT2D eigenvalue weighted by Crippen LogP contribution is 2.29. The molecule has 0 aliphatic heterocycles. The van der Waals surface area contributed by atoms with Gasteiger partial charge in [0.25, 0.3) is 11.8 Å². The van der Waals surface area contributed by atoms with Crippen LogP contribution in [0.15, 0.2) is 66.7 Å². The van der Waals surface area contributed by atoms with Gasteiger partial charge in [0.2, 0.25) is 0 Å². The van der Waals surface area contributed by atoms with E-state index in [1.807, 2.05) is 54.6 Å². The van der Waals surface area contributed by atoms with Crippen LogP contribution in [0.5, 0.6) is 0 Å². The van der Waals surface area contributed by atoms with Crippen molar-refractivity contribution < 1.29 is 9.59 Å². The summed E-state index contributed by atoms with van der Waals surface area (Å²) in [5.74, 6) is -0.354. The van der Waals surface area contributed by atoms with E-state index in [2.05, 4.69) is 60.8 Å². The molecule has 8 heteroatoms. The van der Waals surface area contributed by atoms with Gasteiger partial charge in [0.05, 0.1) is 21.3 Å². The lowest BCUT2D eigenvalue weighted by atomic mass is 10.2. The zero-order valence-electron chi connectivity index (χ0n) is 14.8. The molecule has 3 aromatic carbocycles. The zero-order valence-corrected chi connectivity index (χ0v) is 19.9. The van der Waals surface area contributed by atoms with Crippen LogP contribution in [0.2, 0.25) is 0 Å². The number of carbonyl (C=O) groups excluding carboxylic acids is 2. The molecular weight excluding hydrogens is 612 g/mol. The molecule has 4 rings (SSSR count). The molecule has 1 aromatic heterocycles. The minimum Gasteiger partial charge on any atom is -0.322 e. The Bertz CT molecular complexity index is 1180. The van der Waals surface area contributed by atoms with Gasteiger partial charge in [0.15, 0.2) is 5.13 Å². The van der Waals surface area contributed by atoms with Crippen molar-refractivity contribution in [3.05, 3.63) is 85.0 Å². The van der Waals surface area contributed by atoms with Crippen molar-refractivity contribution in [2.24, 2.45) is 0 Å². The number of anilines is 2. The van der Waals surface area contributed by atoms with Gasteiger partial charge in [-0.25, -0.2) is 4.98 Å². The molecule has 0 radical (unpaired) electrons. The minimum absolute atomic E-state index is 0.161. The third-order valence-corrected chi connectivity index (χ3v) is 6.92. The molecule has 0 aliphatic rings. The Balaban J connectivity index is 1.53. The van der Waals surface area contributed by atoms with Crippen molar-refractivity contribution >= 4 is 89.4 Å². The van der Waals surface area contributed by atoms with Crippen molar-refractivity contribution in [2.75, 3.05) is 10.6 Å². The monoisotopic (exact) mass is 625 g/mol. The maximum Gasteiger partial charge on any atom is 0.258 e. The van der Waals surface area contributed by atoms with E-state index in [0.717, 1.165) is 17.4 Å². The summed E-state index contributed by atoms with van der Waals surface area (Å²) in [7, 11) is 0. The van der Waals surface area contributed by atoms with Crippen LogP contribution >= 0.6 is 56.5 Å². The number of nitrogens with zero attached hydrogens (tertiary/aromatic N) is 1. The van der Waals surface area contributed by atoms with Gasteiger partial charge >= 0.3 is 0 Å². The van der Waals surface area contributed by atoms with E-state index >= 15 is 0 Å². The number of aromatic nitrogens is 1. The van der Waals surface area contributed by atoms with E-state index in [-0.39, 0.29) is 11.8 Å². The molecule has 2 N–H and O–H groups in total. The second-order valence-electron chi connectivity index (χ2n) is 6.07. The largest absolute Gasteiger partial charge is 0.322 e. The first-order chi connectivity index (χ1) is 14.0. The molecule has 0 bridgehead atoms. The Kier molecular flexibility index (Phi) is 6.11. The molecule has 0 spiro atoms. The van der Waals surface area contributed by atoms with Crippen LogP contribution in [0.25, 0.3) is 10.2 Å². The first-order valence-corrected chi connectivity index (χ1v) is 11.5. The number of hydrogen-bond acceptors (Lipinski definition) is 4. The zero-order chi connectivity index (χ0) is 20.4. The maximum atomic E-state index is 12.5. The highest BCUT2D eigenvalue weighted by molar-refractivity contribution is 14.1. The number of hydrogen-bond donors (Lipinski definition) is 2. The fraction of sp³-hybridized carbons (Fsp3) is 0. The van der Waals surface area contributed by atoms with Gasteiger partial charge in [-0.2, -0.15) is 0 Å². The fourth-order valence-corrected chi connectivity index (χ4v) is 4.87. The quantitative estimate of drug-likeness (QED) is 0.273. The minimum atomic E-state index is -0.193. The molecule has 29 heavy (non-hydrogen) atoms. The normalized spacial score (nSPS) is 10.7. The lowest BCUT2D eigenvalue weighted by molar-refractivity contribution is 0.101. The first kappa shape index (κ1) is 20.2. The highest BCUT2D eigenvalue weighted by Gasteiger charge is 2.14. The Labute approximate surface area is 198 Å². The van der Waals surface area contributed by atoms with Gasteiger partial charge in [-0.3, -0.25) is 14.9 Å². The van der Waals surface area contributed by atoms with Crippen molar-refractivity contribution in [3.8, 4) is 0 Å². The van der Waals surface area contributed by atoms with Crippen LogP contribution in [-0.2, 0) is 0 Å². The van der Waals surface area contributed by atoms with Gasteiger partial charge < -0.3 is 5.32 Å². The predicted octanol–water partition coefficient (Wildman–Crippen LogP) is 6.01. The molecule has 1 heterocycles. The molecule has 0 saturated carbocycles. The molecule has 0 unspecified atom stereocenters. The SMILES string of the molecule is O=C(Nc1ccc2nc(NC(=O)c3ccccc3I)sc2c1)c1ccccc1I. The summed E-state index contributed by atoms with van der Waals surface area (Å²) in [5.41, 5.74) is 2.68. The Morgan fingerprint density at radius 1 is 0.793 bits per heavy atom. The molecule has 0 atom stereocenters. The van der Waals surface area contributed by atoms with Crippen molar-refractivity contribution in [1.82, 2.24) is 4.98 Å². The molecular formula is C21H13I2N3O2S. The summed E-state index contributed by atoms with van der Waals surface area (Å²) >= 11 is 5.65. The lowest BCUT2D eigenvalue weighted by Gasteiger charge is -2.06. The number of carbonyl (C=O) groups is 2. The van der Waals surface area contributed by atoms with Crippen LogP contribution in [0.1, 0.15) is 20.7 Å². The van der Waals surface area contributed by atoms with Crippen LogP contribution in [0, 0.1) is 7.14 Å². The average molecular weight is 625 g/mol. The number of nitrogens with one attached hydrogen (secondary N) is 2. The Hall–Kier alpha value is -2.05. The van der Waals surface area contributed by atoms with Crippen LogP contribution in [-0.4, -0.2) is 16.8 Å². The first-order valence-electron chi connectivity index (χ1n) is 8.53. The van der Waals surface area contributed by atoms with Gasteiger partial charge in [-0.05, 0) is 87.6 Å². The number of benzene rings is 3. The van der Waals surface area contributed by atoms with Gasteiger partial charge in [-0.15, -0.1) is 0 Å². The Morgan fingerprint density at radius 3 is 2.00 bits per heavy atom. The highest BCUT2D eigenvalue weighted by atomic mass is 127. The maximum absolute atomic E-state index is 12.5. The third kappa shape index (κ3) is 4.59. The summed E-state index contributed by atoms with van der Waals surface area (Å²) in [4.78, 5) is 29.5. The molecule has 2 amide bonds. The van der Waals surface area contributed by atoms with Crippen LogP contribution < -0.4 is 10.6 Å². The van der Waals surface area contributed by atoms with Gasteiger partial charge in [-0.1, -0.05) is 35.6 Å². The van der Waals surface area contributed by atoms with E-state index in [1.54, 1.807) is 12.1 Å². The number of rotatable bonds is 4. The van der Waals surface area contributed by atoms with E-state index in [9.17, 15) is 9.59 Å². The number of halogens is 2. The van der Waals surface area contributed by atoms with Crippen LogP contribution in [0.3, 0.4) is 0 Å². The second kappa shape index (κ2) is 8.76. The standard InChI is InChI=1S/C21H13I2N3O2S/c22-15-7-3-1-5-13(15)19(27)24-12-9-10-17-18(11-12)29-21(25-17)26-20(28)14-6-2-4-8-16(14)23/h1-11H,(H,24,27)(H,25,26,28). The fourth-order valence-electron chi connectivity index (χ4n) is 2.71. The average Bonchev–Trinajstić information content (AvgIpc) is 3.10. The lowest BCUT2D eigenvalue weighted by Crippen LogP contribution is -2.13. The van der Waals surface area contributed by atoms with Gasteiger partial charge in [0.1, 0.15) is 0 Å². The van der Waals surface area contributed by atoms with Crippen molar-refractivity contribution in [3.63, 3.8) is 0 Å². The number of amides is 2. The van der Waals surface area contributed by atoms with Crippen molar-refractivity contribution in [2.45, 2.75) is 0 Å². The third-order valence-electron chi connectivity index (χ3n) is 4.10. The molecule has 144 valence electrons. The number of thiazole rings is 1. The molecule has 0 aliphatic carbocycles. The smallest absolute Gasteiger partial charge is 0.258 e. The second-order valence-corrected chi connectivity index (χ2v) is 9.42. The summed E-state index contributed by atoms with van der Waals surface area (Å²) in [6.45, 7) is 0.